The fourth-order valence-corrected chi connectivity index (χ4v) is 0.265. The molecule has 1 N–H and O–H groups in total. The van der Waals surface area contributed by atoms with E-state index in [1.807, 2.05) is 6.92 Å². The van der Waals surface area contributed by atoms with Gasteiger partial charge in [0.15, 0.2) is 0 Å². The molecule has 0 saturated carbocycles. The average molecular weight is 113 g/mol. The average Bonchev–Trinajstić information content (AvgIpc) is 1.67. The Morgan fingerprint density at radius 3 is 2.12 bits per heavy atom. The molecule has 2 heteroatoms. The van der Waals surface area contributed by atoms with Crippen molar-refractivity contribution in [1.82, 2.24) is 0 Å². The Morgan fingerprint density at radius 1 is 1.50 bits per heavy atom. The van der Waals surface area contributed by atoms with Gasteiger partial charge in [0.25, 0.3) is 0 Å². The van der Waals surface area contributed by atoms with E-state index in [4.69, 9.17) is 5.41 Å². The molecule has 0 aromatic rings. The van der Waals surface area contributed by atoms with Crippen molar-refractivity contribution in [3.8, 4) is 0 Å². The predicted molar refractivity (Wildman–Crippen MR) is 34.2 cm³/mol. The molecule has 2 nitrogen and oxygen atoms in total. The van der Waals surface area contributed by atoms with E-state index in [-0.39, 0.29) is 0 Å². The number of methoxy groups -OCH3 is 1. The Balaban J connectivity index is 3.80. The monoisotopic (exact) mass is 113 g/mol. The van der Waals surface area contributed by atoms with Crippen molar-refractivity contribution in [3.05, 3.63) is 11.8 Å². The first-order chi connectivity index (χ1) is 3.68. The molecule has 0 spiro atoms. The van der Waals surface area contributed by atoms with E-state index in [0.29, 0.717) is 5.71 Å². The second-order valence-corrected chi connectivity index (χ2v) is 1.66. The number of hydrogen-bond donors (Lipinski definition) is 1. The van der Waals surface area contributed by atoms with E-state index in [1.54, 1.807) is 20.3 Å². The fraction of sp³-hybridized carbons (Fsp3) is 0.500. The molecular weight excluding hydrogens is 102 g/mol. The summed E-state index contributed by atoms with van der Waals surface area (Å²) in [6, 6.07) is 0. The summed E-state index contributed by atoms with van der Waals surface area (Å²) in [5, 5.41) is 7.06. The quantitative estimate of drug-likeness (QED) is 0.428. The van der Waals surface area contributed by atoms with Crippen molar-refractivity contribution in [1.29, 1.82) is 5.41 Å². The Morgan fingerprint density at radius 2 is 2.00 bits per heavy atom. The van der Waals surface area contributed by atoms with Crippen LogP contribution in [-0.2, 0) is 4.74 Å². The number of allylic oxidation sites excluding steroid dienone is 1. The second-order valence-electron chi connectivity index (χ2n) is 1.66. The summed E-state index contributed by atoms with van der Waals surface area (Å²) < 4.78 is 4.66. The van der Waals surface area contributed by atoms with Gasteiger partial charge < -0.3 is 10.1 Å². The third-order valence-electron chi connectivity index (χ3n) is 0.886. The van der Waals surface area contributed by atoms with Gasteiger partial charge in [-0.25, -0.2) is 0 Å². The van der Waals surface area contributed by atoms with Crippen LogP contribution in [-0.4, -0.2) is 12.8 Å². The highest BCUT2D eigenvalue weighted by atomic mass is 16.5. The topological polar surface area (TPSA) is 33.1 Å². The molecule has 0 fully saturated rings. The van der Waals surface area contributed by atoms with Crippen LogP contribution in [0.2, 0.25) is 0 Å². The minimum absolute atomic E-state index is 0.548. The molecular formula is C6H11NO. The van der Waals surface area contributed by atoms with Crippen LogP contribution in [0, 0.1) is 5.41 Å². The zero-order valence-electron chi connectivity index (χ0n) is 5.49. The van der Waals surface area contributed by atoms with Gasteiger partial charge in [0.1, 0.15) is 0 Å². The number of nitrogens with one attached hydrogen (secondary N) is 1. The standard InChI is InChI=1S/C6H11NO/c1-5(4-8-3)6(2)7/h4,7H,1-3H3/b5-4-,7-6?. The summed E-state index contributed by atoms with van der Waals surface area (Å²) in [5.74, 6) is 0. The molecule has 0 aromatic heterocycles. The van der Waals surface area contributed by atoms with E-state index in [2.05, 4.69) is 4.74 Å². The highest BCUT2D eigenvalue weighted by Gasteiger charge is 1.87. The Bertz CT molecular complexity index is 116. The SMILES string of the molecule is CO/C=C(/C)C(C)=N. The first-order valence-corrected chi connectivity index (χ1v) is 2.43. The van der Waals surface area contributed by atoms with Crippen molar-refractivity contribution in [2.45, 2.75) is 13.8 Å². The van der Waals surface area contributed by atoms with Gasteiger partial charge in [-0.3, -0.25) is 0 Å². The van der Waals surface area contributed by atoms with Crippen LogP contribution in [0.3, 0.4) is 0 Å². The van der Waals surface area contributed by atoms with E-state index in [0.717, 1.165) is 5.57 Å². The normalized spacial score (nSPS) is 11.1. The second kappa shape index (κ2) is 3.24. The fourth-order valence-electron chi connectivity index (χ4n) is 0.265. The van der Waals surface area contributed by atoms with Gasteiger partial charge in [-0.15, -0.1) is 0 Å². The minimum atomic E-state index is 0.548. The number of hydrogen-bond acceptors (Lipinski definition) is 2. The molecule has 0 amide bonds. The van der Waals surface area contributed by atoms with Crippen LogP contribution in [0.4, 0.5) is 0 Å². The summed E-state index contributed by atoms with van der Waals surface area (Å²) in [7, 11) is 1.58. The summed E-state index contributed by atoms with van der Waals surface area (Å²) in [6.07, 6.45) is 1.56. The van der Waals surface area contributed by atoms with E-state index < -0.39 is 0 Å². The van der Waals surface area contributed by atoms with Gasteiger partial charge in [0.2, 0.25) is 0 Å². The summed E-state index contributed by atoms with van der Waals surface area (Å²) in [4.78, 5) is 0. The third-order valence-corrected chi connectivity index (χ3v) is 0.886. The number of rotatable bonds is 2. The smallest absolute Gasteiger partial charge is 0.0871 e. The Hall–Kier alpha value is -0.790. The summed E-state index contributed by atoms with van der Waals surface area (Å²) >= 11 is 0. The lowest BCUT2D eigenvalue weighted by molar-refractivity contribution is 0.335. The molecule has 0 aliphatic carbocycles. The minimum Gasteiger partial charge on any atom is -0.504 e. The van der Waals surface area contributed by atoms with Crippen LogP contribution in [0.15, 0.2) is 11.8 Å². The Kier molecular flexibility index (Phi) is 2.92. The van der Waals surface area contributed by atoms with Crippen LogP contribution in [0.25, 0.3) is 0 Å². The lowest BCUT2D eigenvalue weighted by Crippen LogP contribution is -1.89. The zero-order chi connectivity index (χ0) is 6.57. The van der Waals surface area contributed by atoms with Crippen molar-refractivity contribution in [2.24, 2.45) is 0 Å². The lowest BCUT2D eigenvalue weighted by atomic mass is 10.2. The molecule has 0 aliphatic rings. The van der Waals surface area contributed by atoms with Gasteiger partial charge in [-0.1, -0.05) is 0 Å². The van der Waals surface area contributed by atoms with Crippen LogP contribution in [0.5, 0.6) is 0 Å². The molecule has 0 radical (unpaired) electrons. The molecule has 8 heavy (non-hydrogen) atoms. The van der Waals surface area contributed by atoms with Crippen LogP contribution in [0.1, 0.15) is 13.8 Å². The molecule has 0 bridgehead atoms. The maximum Gasteiger partial charge on any atom is 0.0871 e. The molecule has 0 rings (SSSR count). The molecule has 0 atom stereocenters. The highest BCUT2D eigenvalue weighted by Crippen LogP contribution is 1.92. The van der Waals surface area contributed by atoms with Gasteiger partial charge in [-0.2, -0.15) is 0 Å². The number of ether oxygens (including phenoxy) is 1. The maximum absolute atomic E-state index is 7.06. The Labute approximate surface area is 49.7 Å². The van der Waals surface area contributed by atoms with Crippen molar-refractivity contribution >= 4 is 5.71 Å². The van der Waals surface area contributed by atoms with E-state index in [9.17, 15) is 0 Å². The first-order valence-electron chi connectivity index (χ1n) is 2.43. The summed E-state index contributed by atoms with van der Waals surface area (Å²) in [6.45, 7) is 3.57. The van der Waals surface area contributed by atoms with Gasteiger partial charge in [0.05, 0.1) is 13.4 Å². The molecule has 0 saturated heterocycles. The third kappa shape index (κ3) is 2.39. The molecule has 0 aromatic carbocycles. The van der Waals surface area contributed by atoms with Gasteiger partial charge >= 0.3 is 0 Å². The largest absolute Gasteiger partial charge is 0.504 e. The van der Waals surface area contributed by atoms with Crippen LogP contribution >= 0.6 is 0 Å². The highest BCUT2D eigenvalue weighted by molar-refractivity contribution is 5.94. The molecule has 0 heterocycles. The maximum atomic E-state index is 7.06. The lowest BCUT2D eigenvalue weighted by Gasteiger charge is -1.93. The van der Waals surface area contributed by atoms with Crippen molar-refractivity contribution in [3.63, 3.8) is 0 Å². The van der Waals surface area contributed by atoms with Crippen molar-refractivity contribution in [2.75, 3.05) is 7.11 Å². The van der Waals surface area contributed by atoms with E-state index in [1.165, 1.54) is 0 Å². The van der Waals surface area contributed by atoms with Crippen molar-refractivity contribution < 1.29 is 4.74 Å². The van der Waals surface area contributed by atoms with Crippen LogP contribution < -0.4 is 0 Å². The zero-order valence-corrected chi connectivity index (χ0v) is 5.49. The van der Waals surface area contributed by atoms with E-state index >= 15 is 0 Å². The molecule has 0 aliphatic heterocycles. The van der Waals surface area contributed by atoms with Gasteiger partial charge in [0, 0.05) is 11.3 Å². The van der Waals surface area contributed by atoms with Gasteiger partial charge in [-0.05, 0) is 13.8 Å². The molecule has 46 valence electrons. The summed E-state index contributed by atoms with van der Waals surface area (Å²) in [5.41, 5.74) is 1.42. The molecule has 0 unspecified atom stereocenters. The first kappa shape index (κ1) is 7.21. The predicted octanol–water partition coefficient (Wildman–Crippen LogP) is 1.58.